The maximum atomic E-state index is 5.58. The highest BCUT2D eigenvalue weighted by Gasteiger charge is 2.36. The van der Waals surface area contributed by atoms with E-state index in [0.717, 1.165) is 42.7 Å². The first-order chi connectivity index (χ1) is 12.5. The first kappa shape index (κ1) is 20.8. The van der Waals surface area contributed by atoms with Crippen molar-refractivity contribution >= 4 is 17.3 Å². The second kappa shape index (κ2) is 9.42. The standard InChI is InChI=1S/C20H33N3O2S/c1-7-21-20(26)22-18(13(3)4)19-15-12-17(25-6)16(24-5)11-14(15)9-10-23(19)8-2/h11-13,18-19H,7-10H2,1-6H3,(H2,21,22,26)/t18-,19+/m1/s1. The van der Waals surface area contributed by atoms with Crippen LogP contribution in [0.4, 0.5) is 0 Å². The van der Waals surface area contributed by atoms with Crippen LogP contribution in [0.1, 0.15) is 44.9 Å². The van der Waals surface area contributed by atoms with Crippen molar-refractivity contribution in [2.75, 3.05) is 33.9 Å². The molecule has 2 rings (SSSR count). The highest BCUT2D eigenvalue weighted by atomic mass is 32.1. The number of benzene rings is 1. The van der Waals surface area contributed by atoms with Crippen LogP contribution in [0.25, 0.3) is 0 Å². The summed E-state index contributed by atoms with van der Waals surface area (Å²) in [5.74, 6) is 2.00. The average molecular weight is 380 g/mol. The van der Waals surface area contributed by atoms with E-state index in [0.29, 0.717) is 5.92 Å². The van der Waals surface area contributed by atoms with Crippen LogP contribution in [0.15, 0.2) is 12.1 Å². The molecule has 0 aromatic heterocycles. The van der Waals surface area contributed by atoms with Crippen LogP contribution < -0.4 is 20.1 Å². The largest absolute Gasteiger partial charge is 0.493 e. The lowest BCUT2D eigenvalue weighted by Crippen LogP contribution is -2.53. The van der Waals surface area contributed by atoms with Crippen molar-refractivity contribution in [3.8, 4) is 11.5 Å². The normalized spacial score (nSPS) is 18.2. The molecule has 1 aliphatic heterocycles. The molecule has 26 heavy (non-hydrogen) atoms. The highest BCUT2D eigenvalue weighted by molar-refractivity contribution is 7.80. The van der Waals surface area contributed by atoms with Gasteiger partial charge in [0, 0.05) is 13.1 Å². The van der Waals surface area contributed by atoms with Gasteiger partial charge in [-0.25, -0.2) is 0 Å². The maximum absolute atomic E-state index is 5.58. The van der Waals surface area contributed by atoms with Crippen LogP contribution >= 0.6 is 12.2 Å². The molecular formula is C20H33N3O2S. The third-order valence-electron chi connectivity index (χ3n) is 5.13. The minimum absolute atomic E-state index is 0.207. The van der Waals surface area contributed by atoms with Gasteiger partial charge in [-0.05, 0) is 61.3 Å². The van der Waals surface area contributed by atoms with E-state index in [4.69, 9.17) is 21.7 Å². The lowest BCUT2D eigenvalue weighted by Gasteiger charge is -2.43. The van der Waals surface area contributed by atoms with Gasteiger partial charge in [0.25, 0.3) is 0 Å². The number of nitrogens with zero attached hydrogens (tertiary/aromatic N) is 1. The van der Waals surface area contributed by atoms with Crippen molar-refractivity contribution in [1.82, 2.24) is 15.5 Å². The number of thiocarbonyl (C=S) groups is 1. The summed E-state index contributed by atoms with van der Waals surface area (Å²) in [5, 5.41) is 7.51. The summed E-state index contributed by atoms with van der Waals surface area (Å²) in [5.41, 5.74) is 2.64. The number of rotatable bonds is 7. The van der Waals surface area contributed by atoms with E-state index in [2.05, 4.69) is 55.4 Å². The zero-order valence-electron chi connectivity index (χ0n) is 16.9. The Morgan fingerprint density at radius 3 is 2.42 bits per heavy atom. The fraction of sp³-hybridized carbons (Fsp3) is 0.650. The smallest absolute Gasteiger partial charge is 0.166 e. The Morgan fingerprint density at radius 2 is 1.88 bits per heavy atom. The maximum Gasteiger partial charge on any atom is 0.166 e. The van der Waals surface area contributed by atoms with Crippen molar-refractivity contribution in [3.05, 3.63) is 23.3 Å². The third-order valence-corrected chi connectivity index (χ3v) is 5.39. The van der Waals surface area contributed by atoms with E-state index < -0.39 is 0 Å². The SMILES string of the molecule is CCNC(=S)N[C@H](C(C)C)[C@@H]1c2cc(OC)c(OC)cc2CCN1CC. The minimum atomic E-state index is 0.207. The molecular weight excluding hydrogens is 346 g/mol. The molecule has 1 aromatic rings. The first-order valence-electron chi connectivity index (χ1n) is 9.49. The summed E-state index contributed by atoms with van der Waals surface area (Å²) in [6.45, 7) is 11.6. The molecule has 1 aromatic carbocycles. The third kappa shape index (κ3) is 4.41. The number of ether oxygens (including phenoxy) is 2. The van der Waals surface area contributed by atoms with Crippen LogP contribution in [0.3, 0.4) is 0 Å². The van der Waals surface area contributed by atoms with Gasteiger partial charge in [-0.15, -0.1) is 0 Å². The Kier molecular flexibility index (Phi) is 7.53. The zero-order chi connectivity index (χ0) is 19.3. The van der Waals surface area contributed by atoms with Gasteiger partial charge in [0.1, 0.15) is 0 Å². The summed E-state index contributed by atoms with van der Waals surface area (Å²) < 4.78 is 11.1. The highest BCUT2D eigenvalue weighted by Crippen LogP contribution is 2.40. The van der Waals surface area contributed by atoms with Crippen molar-refractivity contribution in [1.29, 1.82) is 0 Å². The summed E-state index contributed by atoms with van der Waals surface area (Å²) in [7, 11) is 3.38. The van der Waals surface area contributed by atoms with Crippen LogP contribution in [0.2, 0.25) is 0 Å². The van der Waals surface area contributed by atoms with E-state index in [1.54, 1.807) is 14.2 Å². The molecule has 0 saturated carbocycles. The summed E-state index contributed by atoms with van der Waals surface area (Å²) in [4.78, 5) is 2.53. The van der Waals surface area contributed by atoms with Gasteiger partial charge in [0.15, 0.2) is 16.6 Å². The van der Waals surface area contributed by atoms with Gasteiger partial charge in [-0.2, -0.15) is 0 Å². The van der Waals surface area contributed by atoms with Crippen LogP contribution in [0.5, 0.6) is 11.5 Å². The van der Waals surface area contributed by atoms with E-state index in [1.165, 1.54) is 11.1 Å². The Balaban J connectivity index is 2.48. The number of hydrogen-bond acceptors (Lipinski definition) is 4. The second-order valence-electron chi connectivity index (χ2n) is 7.00. The quantitative estimate of drug-likeness (QED) is 0.710. The molecule has 0 bridgehead atoms. The molecule has 146 valence electrons. The molecule has 2 N–H and O–H groups in total. The zero-order valence-corrected chi connectivity index (χ0v) is 17.7. The number of likely N-dealkylation sites (N-methyl/N-ethyl adjacent to an activating group) is 1. The molecule has 6 heteroatoms. The Hall–Kier alpha value is -1.53. The Bertz CT molecular complexity index is 621. The molecule has 5 nitrogen and oxygen atoms in total. The molecule has 0 radical (unpaired) electrons. The number of fused-ring (bicyclic) bond motifs is 1. The van der Waals surface area contributed by atoms with Crippen molar-refractivity contribution in [3.63, 3.8) is 0 Å². The molecule has 0 spiro atoms. The van der Waals surface area contributed by atoms with E-state index in [-0.39, 0.29) is 12.1 Å². The molecule has 0 aliphatic carbocycles. The molecule has 0 amide bonds. The average Bonchev–Trinajstić information content (AvgIpc) is 2.64. The monoisotopic (exact) mass is 379 g/mol. The number of methoxy groups -OCH3 is 2. The molecule has 1 aliphatic rings. The summed E-state index contributed by atoms with van der Waals surface area (Å²) in [6, 6.07) is 4.72. The van der Waals surface area contributed by atoms with Crippen molar-refractivity contribution < 1.29 is 9.47 Å². The topological polar surface area (TPSA) is 45.8 Å². The molecule has 1 heterocycles. The van der Waals surface area contributed by atoms with Gasteiger partial charge in [-0.3, -0.25) is 4.90 Å². The van der Waals surface area contributed by atoms with Gasteiger partial charge >= 0.3 is 0 Å². The minimum Gasteiger partial charge on any atom is -0.493 e. The summed E-state index contributed by atoms with van der Waals surface area (Å²) >= 11 is 5.49. The van der Waals surface area contributed by atoms with Crippen LogP contribution in [0, 0.1) is 5.92 Å². The Morgan fingerprint density at radius 1 is 1.23 bits per heavy atom. The Labute approximate surface area is 163 Å². The van der Waals surface area contributed by atoms with Crippen LogP contribution in [-0.4, -0.2) is 49.9 Å². The lowest BCUT2D eigenvalue weighted by atomic mass is 9.83. The van der Waals surface area contributed by atoms with E-state index in [1.807, 2.05) is 0 Å². The van der Waals surface area contributed by atoms with E-state index in [9.17, 15) is 0 Å². The molecule has 0 fully saturated rings. The summed E-state index contributed by atoms with van der Waals surface area (Å²) in [6.07, 6.45) is 1.02. The van der Waals surface area contributed by atoms with Gasteiger partial charge in [0.2, 0.25) is 0 Å². The molecule has 2 atom stereocenters. The molecule has 0 unspecified atom stereocenters. The fourth-order valence-electron chi connectivity index (χ4n) is 3.78. The van der Waals surface area contributed by atoms with Crippen molar-refractivity contribution in [2.45, 2.75) is 46.2 Å². The van der Waals surface area contributed by atoms with Crippen molar-refractivity contribution in [2.24, 2.45) is 5.92 Å². The van der Waals surface area contributed by atoms with Gasteiger partial charge in [-0.1, -0.05) is 20.8 Å². The predicted molar refractivity (Wildman–Crippen MR) is 111 cm³/mol. The van der Waals surface area contributed by atoms with Gasteiger partial charge in [0.05, 0.1) is 26.3 Å². The lowest BCUT2D eigenvalue weighted by molar-refractivity contribution is 0.140. The molecule has 0 saturated heterocycles. The predicted octanol–water partition coefficient (Wildman–Crippen LogP) is 3.13. The fourth-order valence-corrected chi connectivity index (χ4v) is 4.06. The number of nitrogens with one attached hydrogen (secondary N) is 2. The van der Waals surface area contributed by atoms with Gasteiger partial charge < -0.3 is 20.1 Å². The number of hydrogen-bond donors (Lipinski definition) is 2. The second-order valence-corrected chi connectivity index (χ2v) is 7.41. The first-order valence-corrected chi connectivity index (χ1v) is 9.90. The van der Waals surface area contributed by atoms with Crippen LogP contribution in [-0.2, 0) is 6.42 Å². The van der Waals surface area contributed by atoms with E-state index >= 15 is 0 Å².